The van der Waals surface area contributed by atoms with Crippen molar-refractivity contribution in [3.05, 3.63) is 58.7 Å². The number of ether oxygens (including phenoxy) is 4. The van der Waals surface area contributed by atoms with Crippen LogP contribution in [0.25, 0.3) is 5.76 Å². The Morgan fingerprint density at radius 1 is 0.969 bits per heavy atom. The van der Waals surface area contributed by atoms with Crippen LogP contribution in [0.3, 0.4) is 0 Å². The zero-order chi connectivity index (χ0) is 23.4. The third-order valence-electron chi connectivity index (χ3n) is 5.50. The lowest BCUT2D eigenvalue weighted by molar-refractivity contribution is -0.140. The summed E-state index contributed by atoms with van der Waals surface area (Å²) in [5.41, 5.74) is 1.63. The predicted octanol–water partition coefficient (Wildman–Crippen LogP) is 3.09. The maximum Gasteiger partial charge on any atom is 0.295 e. The fourth-order valence-electron chi connectivity index (χ4n) is 3.85. The van der Waals surface area contributed by atoms with Crippen molar-refractivity contribution >= 4 is 17.4 Å². The molecule has 0 saturated carbocycles. The summed E-state index contributed by atoms with van der Waals surface area (Å²) in [6.07, 6.45) is 0. The first-order valence-corrected chi connectivity index (χ1v) is 10.0. The summed E-state index contributed by atoms with van der Waals surface area (Å²) in [4.78, 5) is 27.5. The number of methoxy groups -OCH3 is 4. The van der Waals surface area contributed by atoms with Gasteiger partial charge in [0.25, 0.3) is 11.7 Å². The molecule has 1 atom stereocenters. The number of carbonyl (C=O) groups excluding carboxylic acids is 2. The Bertz CT molecular complexity index is 1060. The largest absolute Gasteiger partial charge is 0.507 e. The van der Waals surface area contributed by atoms with E-state index in [0.717, 1.165) is 0 Å². The maximum atomic E-state index is 13.1. The minimum Gasteiger partial charge on any atom is -0.507 e. The minimum absolute atomic E-state index is 0.0223. The van der Waals surface area contributed by atoms with Gasteiger partial charge in [-0.25, -0.2) is 0 Å². The molecule has 3 rings (SSSR count). The van der Waals surface area contributed by atoms with Gasteiger partial charge in [0.1, 0.15) is 23.0 Å². The summed E-state index contributed by atoms with van der Waals surface area (Å²) >= 11 is 0. The van der Waals surface area contributed by atoms with Gasteiger partial charge in [0.15, 0.2) is 0 Å². The highest BCUT2D eigenvalue weighted by Crippen LogP contribution is 2.44. The summed E-state index contributed by atoms with van der Waals surface area (Å²) in [6, 6.07) is 9.33. The molecule has 1 N–H and O–H groups in total. The van der Waals surface area contributed by atoms with Crippen LogP contribution in [0.1, 0.15) is 22.7 Å². The quantitative estimate of drug-likeness (QED) is 0.382. The predicted molar refractivity (Wildman–Crippen MR) is 118 cm³/mol. The van der Waals surface area contributed by atoms with Crippen LogP contribution < -0.4 is 14.2 Å². The Balaban J connectivity index is 2.26. The lowest BCUT2D eigenvalue weighted by Gasteiger charge is -2.26. The Morgan fingerprint density at radius 2 is 1.62 bits per heavy atom. The van der Waals surface area contributed by atoms with E-state index < -0.39 is 17.7 Å². The minimum atomic E-state index is -0.878. The van der Waals surface area contributed by atoms with Crippen molar-refractivity contribution in [2.75, 3.05) is 41.6 Å². The van der Waals surface area contributed by atoms with Gasteiger partial charge in [-0.1, -0.05) is 0 Å². The van der Waals surface area contributed by atoms with Crippen molar-refractivity contribution in [2.45, 2.75) is 13.0 Å². The molecule has 1 aliphatic rings. The molecular weight excluding hydrogens is 414 g/mol. The molecule has 0 aromatic heterocycles. The highest BCUT2D eigenvalue weighted by molar-refractivity contribution is 6.46. The van der Waals surface area contributed by atoms with Gasteiger partial charge in [0, 0.05) is 24.8 Å². The number of rotatable bonds is 8. The molecule has 170 valence electrons. The van der Waals surface area contributed by atoms with Gasteiger partial charge >= 0.3 is 0 Å². The lowest BCUT2D eigenvalue weighted by atomic mass is 9.93. The second-order valence-electron chi connectivity index (χ2n) is 7.27. The fraction of sp³-hybridized carbons (Fsp3) is 0.333. The van der Waals surface area contributed by atoms with Gasteiger partial charge in [-0.2, -0.15) is 0 Å². The topological polar surface area (TPSA) is 94.5 Å². The number of nitrogens with zero attached hydrogens (tertiary/aromatic N) is 1. The molecule has 1 aliphatic heterocycles. The Kier molecular flexibility index (Phi) is 7.05. The maximum absolute atomic E-state index is 13.1. The van der Waals surface area contributed by atoms with E-state index in [1.807, 2.05) is 0 Å². The van der Waals surface area contributed by atoms with E-state index in [2.05, 4.69) is 0 Å². The van der Waals surface area contributed by atoms with E-state index in [-0.39, 0.29) is 24.5 Å². The Labute approximate surface area is 187 Å². The third-order valence-corrected chi connectivity index (χ3v) is 5.50. The van der Waals surface area contributed by atoms with Crippen LogP contribution in [0.15, 0.2) is 42.0 Å². The van der Waals surface area contributed by atoms with Crippen molar-refractivity contribution in [1.29, 1.82) is 0 Å². The third kappa shape index (κ3) is 4.13. The molecule has 1 fully saturated rings. The summed E-state index contributed by atoms with van der Waals surface area (Å²) in [6.45, 7) is 2.17. The van der Waals surface area contributed by atoms with Gasteiger partial charge in [-0.3, -0.25) is 9.59 Å². The molecule has 1 amide bonds. The zero-order valence-electron chi connectivity index (χ0n) is 18.8. The van der Waals surface area contributed by atoms with Crippen molar-refractivity contribution in [3.8, 4) is 17.2 Å². The number of hydrogen-bond acceptors (Lipinski definition) is 7. The number of aryl methyl sites for hydroxylation is 1. The molecule has 32 heavy (non-hydrogen) atoms. The van der Waals surface area contributed by atoms with Gasteiger partial charge in [-0.15, -0.1) is 0 Å². The standard InChI is InChI=1S/C24H27NO7/c1-14-12-15(30-3)6-8-17(14)22(26)20-21(25(10-11-29-2)24(28)23(20)27)18-13-16(31-4)7-9-19(18)32-5/h6-9,12-13,21,26H,10-11H2,1-5H3. The molecule has 0 aliphatic carbocycles. The zero-order valence-corrected chi connectivity index (χ0v) is 18.8. The Morgan fingerprint density at radius 3 is 2.22 bits per heavy atom. The number of ketones is 1. The summed E-state index contributed by atoms with van der Waals surface area (Å²) < 4.78 is 21.2. The first kappa shape index (κ1) is 23.1. The SMILES string of the molecule is COCCN1C(=O)C(=O)C(=C(O)c2ccc(OC)cc2C)C1c1cc(OC)ccc1OC. The van der Waals surface area contributed by atoms with Gasteiger partial charge in [-0.05, 0) is 48.9 Å². The van der Waals surface area contributed by atoms with Crippen LogP contribution in [-0.4, -0.2) is 63.3 Å². The van der Waals surface area contributed by atoms with Crippen LogP contribution in [0.5, 0.6) is 17.2 Å². The van der Waals surface area contributed by atoms with E-state index in [0.29, 0.717) is 33.9 Å². The first-order valence-electron chi connectivity index (χ1n) is 10.0. The van der Waals surface area contributed by atoms with E-state index in [4.69, 9.17) is 18.9 Å². The lowest BCUT2D eigenvalue weighted by Crippen LogP contribution is -2.32. The van der Waals surface area contributed by atoms with Crippen LogP contribution in [0, 0.1) is 6.92 Å². The molecule has 2 aromatic rings. The number of benzene rings is 2. The molecule has 8 nitrogen and oxygen atoms in total. The van der Waals surface area contributed by atoms with Crippen molar-refractivity contribution < 1.29 is 33.6 Å². The average Bonchev–Trinajstić information content (AvgIpc) is 3.06. The van der Waals surface area contributed by atoms with Gasteiger partial charge in [0.05, 0.1) is 39.6 Å². The van der Waals surface area contributed by atoms with Crippen molar-refractivity contribution in [3.63, 3.8) is 0 Å². The molecule has 0 bridgehead atoms. The van der Waals surface area contributed by atoms with Gasteiger partial charge < -0.3 is 29.0 Å². The van der Waals surface area contributed by atoms with E-state index in [1.165, 1.54) is 26.2 Å². The van der Waals surface area contributed by atoms with E-state index >= 15 is 0 Å². The molecular formula is C24H27NO7. The highest BCUT2D eigenvalue weighted by atomic mass is 16.5. The monoisotopic (exact) mass is 441 g/mol. The van der Waals surface area contributed by atoms with Crippen molar-refractivity contribution in [2.24, 2.45) is 0 Å². The molecule has 0 radical (unpaired) electrons. The molecule has 2 aromatic carbocycles. The van der Waals surface area contributed by atoms with Crippen molar-refractivity contribution in [1.82, 2.24) is 4.90 Å². The smallest absolute Gasteiger partial charge is 0.295 e. The normalized spacial score (nSPS) is 17.5. The highest BCUT2D eigenvalue weighted by Gasteiger charge is 2.47. The second-order valence-corrected chi connectivity index (χ2v) is 7.27. The van der Waals surface area contributed by atoms with E-state index in [1.54, 1.807) is 50.4 Å². The first-order chi connectivity index (χ1) is 15.4. The molecule has 0 spiro atoms. The molecule has 1 unspecified atom stereocenters. The van der Waals surface area contributed by atoms with Crippen LogP contribution in [0.4, 0.5) is 0 Å². The summed E-state index contributed by atoms with van der Waals surface area (Å²) in [5.74, 6) is -0.159. The number of hydrogen-bond donors (Lipinski definition) is 1. The number of likely N-dealkylation sites (tertiary alicyclic amines) is 1. The second kappa shape index (κ2) is 9.74. The molecule has 1 saturated heterocycles. The van der Waals surface area contributed by atoms with Crippen LogP contribution >= 0.6 is 0 Å². The number of carbonyl (C=O) groups is 2. The summed E-state index contributed by atoms with van der Waals surface area (Å²) in [5, 5.41) is 11.3. The van der Waals surface area contributed by atoms with Gasteiger partial charge in [0.2, 0.25) is 0 Å². The fourth-order valence-corrected chi connectivity index (χ4v) is 3.85. The van der Waals surface area contributed by atoms with E-state index in [9.17, 15) is 14.7 Å². The number of Topliss-reactive ketones (excluding diaryl/α,β-unsaturated/α-hetero) is 1. The van der Waals surface area contributed by atoms with Crippen LogP contribution in [0.2, 0.25) is 0 Å². The van der Waals surface area contributed by atoms with Crippen LogP contribution in [-0.2, 0) is 14.3 Å². The Hall–Kier alpha value is -3.52. The number of amides is 1. The number of aliphatic hydroxyl groups excluding tert-OH is 1. The molecule has 1 heterocycles. The molecule has 8 heteroatoms. The average molecular weight is 441 g/mol. The summed E-state index contributed by atoms with van der Waals surface area (Å²) in [7, 11) is 6.08. The number of aliphatic hydroxyl groups is 1.